The molecule has 0 radical (unpaired) electrons. The van der Waals surface area contributed by atoms with Crippen molar-refractivity contribution in [1.82, 2.24) is 4.90 Å². The summed E-state index contributed by atoms with van der Waals surface area (Å²) in [7, 11) is 0. The molecule has 0 spiro atoms. The maximum atomic E-state index is 12.9. The predicted molar refractivity (Wildman–Crippen MR) is 115 cm³/mol. The Kier molecular flexibility index (Phi) is 6.47. The van der Waals surface area contributed by atoms with Gasteiger partial charge in [0.2, 0.25) is 0 Å². The van der Waals surface area contributed by atoms with Gasteiger partial charge in [0, 0.05) is 17.6 Å². The standard InChI is InChI=1S/C22H25BrN2O4/c1-22(2,3)29-20(26)24-12-13-25(19-17(14-24)10-7-11-18(19)23)21(27)28-15-16-8-5-4-6-9-16/h4-11H,12-15H2,1-3H3. The van der Waals surface area contributed by atoms with E-state index in [1.165, 1.54) is 0 Å². The molecular formula is C22H25BrN2O4. The van der Waals surface area contributed by atoms with Crippen LogP contribution in [0, 0.1) is 0 Å². The maximum absolute atomic E-state index is 12.9. The van der Waals surface area contributed by atoms with Gasteiger partial charge in [0.15, 0.2) is 0 Å². The number of nitrogens with zero attached hydrogens (tertiary/aromatic N) is 2. The Morgan fingerprint density at radius 2 is 1.72 bits per heavy atom. The number of benzene rings is 2. The van der Waals surface area contributed by atoms with Crippen molar-refractivity contribution in [3.05, 3.63) is 64.1 Å². The Morgan fingerprint density at radius 3 is 2.41 bits per heavy atom. The third-order valence-electron chi connectivity index (χ3n) is 4.37. The second kappa shape index (κ2) is 8.86. The van der Waals surface area contributed by atoms with Crippen LogP contribution in [-0.2, 0) is 22.6 Å². The summed E-state index contributed by atoms with van der Waals surface area (Å²) in [5.74, 6) is 0. The van der Waals surface area contributed by atoms with Crippen LogP contribution in [0.3, 0.4) is 0 Å². The number of ether oxygens (including phenoxy) is 2. The van der Waals surface area contributed by atoms with Crippen molar-refractivity contribution in [2.24, 2.45) is 0 Å². The normalized spacial score (nSPS) is 14.1. The SMILES string of the molecule is CC(C)(C)OC(=O)N1CCN(C(=O)OCc2ccccc2)c2c(Br)cccc2C1. The van der Waals surface area contributed by atoms with Gasteiger partial charge in [-0.15, -0.1) is 0 Å². The minimum atomic E-state index is -0.586. The fourth-order valence-electron chi connectivity index (χ4n) is 3.07. The summed E-state index contributed by atoms with van der Waals surface area (Å²) in [6, 6.07) is 15.2. The lowest BCUT2D eigenvalue weighted by atomic mass is 10.1. The maximum Gasteiger partial charge on any atom is 0.414 e. The number of hydrogen-bond donors (Lipinski definition) is 0. The molecule has 0 atom stereocenters. The number of rotatable bonds is 2. The van der Waals surface area contributed by atoms with Crippen LogP contribution in [0.25, 0.3) is 0 Å². The summed E-state index contributed by atoms with van der Waals surface area (Å²) < 4.78 is 11.8. The lowest BCUT2D eigenvalue weighted by Crippen LogP contribution is -2.40. The van der Waals surface area contributed by atoms with Crippen LogP contribution in [0.4, 0.5) is 15.3 Å². The molecule has 154 valence electrons. The zero-order valence-electron chi connectivity index (χ0n) is 16.9. The Hall–Kier alpha value is -2.54. The largest absolute Gasteiger partial charge is 0.444 e. The highest BCUT2D eigenvalue weighted by Gasteiger charge is 2.31. The molecule has 0 fully saturated rings. The minimum Gasteiger partial charge on any atom is -0.444 e. The van der Waals surface area contributed by atoms with Gasteiger partial charge >= 0.3 is 12.2 Å². The summed E-state index contributed by atoms with van der Waals surface area (Å²) in [5, 5.41) is 0. The summed E-state index contributed by atoms with van der Waals surface area (Å²) in [5.41, 5.74) is 1.90. The Morgan fingerprint density at radius 1 is 1.00 bits per heavy atom. The van der Waals surface area contributed by atoms with E-state index >= 15 is 0 Å². The molecule has 1 heterocycles. The van der Waals surface area contributed by atoms with Crippen LogP contribution in [-0.4, -0.2) is 35.8 Å². The van der Waals surface area contributed by atoms with Gasteiger partial charge in [0.05, 0.1) is 12.2 Å². The second-order valence-corrected chi connectivity index (χ2v) is 8.70. The molecule has 7 heteroatoms. The average Bonchev–Trinajstić information content (AvgIpc) is 2.86. The Labute approximate surface area is 179 Å². The fourth-order valence-corrected chi connectivity index (χ4v) is 3.69. The molecule has 0 aromatic heterocycles. The quantitative estimate of drug-likeness (QED) is 0.606. The van der Waals surface area contributed by atoms with E-state index in [9.17, 15) is 9.59 Å². The summed E-state index contributed by atoms with van der Waals surface area (Å²) in [6.45, 7) is 6.69. The summed E-state index contributed by atoms with van der Waals surface area (Å²) >= 11 is 3.54. The van der Waals surface area contributed by atoms with Crippen LogP contribution in [0.5, 0.6) is 0 Å². The van der Waals surface area contributed by atoms with Crippen molar-refractivity contribution in [2.75, 3.05) is 18.0 Å². The number of anilines is 1. The molecule has 3 rings (SSSR count). The first kappa shape index (κ1) is 21.2. The third kappa shape index (κ3) is 5.50. The molecule has 0 bridgehead atoms. The molecule has 2 amide bonds. The van der Waals surface area contributed by atoms with Crippen LogP contribution in [0.15, 0.2) is 53.0 Å². The fraction of sp³-hybridized carbons (Fsp3) is 0.364. The Bertz CT molecular complexity index is 880. The van der Waals surface area contributed by atoms with Crippen LogP contribution < -0.4 is 4.90 Å². The number of hydrogen-bond acceptors (Lipinski definition) is 4. The van der Waals surface area contributed by atoms with E-state index in [0.717, 1.165) is 21.3 Å². The van der Waals surface area contributed by atoms with Crippen LogP contribution in [0.1, 0.15) is 31.9 Å². The smallest absolute Gasteiger partial charge is 0.414 e. The number of carbonyl (C=O) groups is 2. The molecule has 0 saturated carbocycles. The van der Waals surface area contributed by atoms with Crippen LogP contribution in [0.2, 0.25) is 0 Å². The Balaban J connectivity index is 1.80. The average molecular weight is 461 g/mol. The molecule has 0 aliphatic carbocycles. The van der Waals surface area contributed by atoms with Gasteiger partial charge < -0.3 is 14.4 Å². The van der Waals surface area contributed by atoms with Gasteiger partial charge in [-0.2, -0.15) is 0 Å². The van der Waals surface area contributed by atoms with Crippen molar-refractivity contribution in [3.8, 4) is 0 Å². The number of fused-ring (bicyclic) bond motifs is 1. The van der Waals surface area contributed by atoms with Crippen LogP contribution >= 0.6 is 15.9 Å². The first-order valence-electron chi connectivity index (χ1n) is 9.48. The number of carbonyl (C=O) groups excluding carboxylic acids is 2. The van der Waals surface area contributed by atoms with Crippen molar-refractivity contribution < 1.29 is 19.1 Å². The lowest BCUT2D eigenvalue weighted by molar-refractivity contribution is 0.0242. The van der Waals surface area contributed by atoms with Gasteiger partial charge in [-0.05, 0) is 53.9 Å². The molecule has 2 aromatic rings. The van der Waals surface area contributed by atoms with E-state index in [-0.39, 0.29) is 6.61 Å². The second-order valence-electron chi connectivity index (χ2n) is 7.84. The molecule has 29 heavy (non-hydrogen) atoms. The minimum absolute atomic E-state index is 0.186. The number of para-hydroxylation sites is 1. The molecule has 0 unspecified atom stereocenters. The summed E-state index contributed by atoms with van der Waals surface area (Å²) in [6.07, 6.45) is -0.851. The van der Waals surface area contributed by atoms with E-state index in [1.807, 2.05) is 69.3 Å². The van der Waals surface area contributed by atoms with E-state index in [1.54, 1.807) is 9.80 Å². The lowest BCUT2D eigenvalue weighted by Gasteiger charge is -2.26. The van der Waals surface area contributed by atoms with Gasteiger partial charge in [-0.25, -0.2) is 9.59 Å². The summed E-state index contributed by atoms with van der Waals surface area (Å²) in [4.78, 5) is 28.7. The topological polar surface area (TPSA) is 59.1 Å². The molecule has 1 aliphatic rings. The molecule has 0 N–H and O–H groups in total. The monoisotopic (exact) mass is 460 g/mol. The van der Waals surface area contributed by atoms with E-state index in [2.05, 4.69) is 15.9 Å². The molecule has 0 saturated heterocycles. The third-order valence-corrected chi connectivity index (χ3v) is 5.01. The highest BCUT2D eigenvalue weighted by molar-refractivity contribution is 9.10. The van der Waals surface area contributed by atoms with Crippen molar-refractivity contribution >= 4 is 33.8 Å². The first-order chi connectivity index (χ1) is 13.7. The predicted octanol–water partition coefficient (Wildman–Crippen LogP) is 5.34. The van der Waals surface area contributed by atoms with Gasteiger partial charge in [0.25, 0.3) is 0 Å². The first-order valence-corrected chi connectivity index (χ1v) is 10.3. The van der Waals surface area contributed by atoms with Crippen molar-refractivity contribution in [1.29, 1.82) is 0 Å². The number of amides is 2. The number of halogens is 1. The molecule has 1 aliphatic heterocycles. The van der Waals surface area contributed by atoms with Crippen molar-refractivity contribution in [2.45, 2.75) is 39.5 Å². The zero-order chi connectivity index (χ0) is 21.0. The van der Waals surface area contributed by atoms with Gasteiger partial charge in [-0.1, -0.05) is 42.5 Å². The van der Waals surface area contributed by atoms with Gasteiger partial charge in [-0.3, -0.25) is 4.90 Å². The van der Waals surface area contributed by atoms with Gasteiger partial charge in [0.1, 0.15) is 12.2 Å². The van der Waals surface area contributed by atoms with Crippen molar-refractivity contribution in [3.63, 3.8) is 0 Å². The van der Waals surface area contributed by atoms with E-state index < -0.39 is 17.8 Å². The highest BCUT2D eigenvalue weighted by atomic mass is 79.9. The molecule has 2 aromatic carbocycles. The zero-order valence-corrected chi connectivity index (χ0v) is 18.4. The van der Waals surface area contributed by atoms with E-state index in [0.29, 0.717) is 19.6 Å². The molecule has 6 nitrogen and oxygen atoms in total. The molecular weight excluding hydrogens is 436 g/mol. The van der Waals surface area contributed by atoms with E-state index in [4.69, 9.17) is 9.47 Å². The highest BCUT2D eigenvalue weighted by Crippen LogP contribution is 2.34.